The number of alkyl carbamates (subject to hydrolysis) is 1. The van der Waals surface area contributed by atoms with Gasteiger partial charge in [0.25, 0.3) is 5.91 Å². The second kappa shape index (κ2) is 16.3. The molecule has 3 aromatic rings. The molecular formula is C35H45FN4O6S. The van der Waals surface area contributed by atoms with Crippen LogP contribution in [0, 0.1) is 18.7 Å². The van der Waals surface area contributed by atoms with Gasteiger partial charge in [0.1, 0.15) is 5.82 Å². The zero-order valence-corrected chi connectivity index (χ0v) is 28.0. The number of hydrogen-bond donors (Lipinski definition) is 4. The number of methoxy groups -OCH3 is 1. The highest BCUT2D eigenvalue weighted by atomic mass is 32.2. The zero-order valence-electron chi connectivity index (χ0n) is 27.2. The first-order valence-electron chi connectivity index (χ1n) is 15.8. The lowest BCUT2D eigenvalue weighted by Crippen LogP contribution is -2.48. The predicted octanol–water partition coefficient (Wildman–Crippen LogP) is 4.32. The number of ether oxygens (including phenoxy) is 1. The number of aliphatic hydroxyl groups is 1. The Kier molecular flexibility index (Phi) is 12.5. The Morgan fingerprint density at radius 3 is 2.51 bits per heavy atom. The van der Waals surface area contributed by atoms with Gasteiger partial charge in [0, 0.05) is 56.3 Å². The fraction of sp³-hybridized carbons (Fsp3) is 0.429. The molecule has 12 heteroatoms. The van der Waals surface area contributed by atoms with Crippen LogP contribution in [0.5, 0.6) is 0 Å². The molecule has 2 amide bonds. The predicted molar refractivity (Wildman–Crippen MR) is 180 cm³/mol. The summed E-state index contributed by atoms with van der Waals surface area (Å²) in [5, 5.41) is 18.5. The molecule has 0 aromatic heterocycles. The van der Waals surface area contributed by atoms with Gasteiger partial charge in [0.15, 0.2) is 0 Å². The normalized spacial score (nSPS) is 16.4. The molecule has 4 N–H and O–H groups in total. The Labute approximate surface area is 276 Å². The molecule has 1 saturated heterocycles. The van der Waals surface area contributed by atoms with Crippen molar-refractivity contribution in [2.24, 2.45) is 5.92 Å². The summed E-state index contributed by atoms with van der Waals surface area (Å²) >= 11 is 0. The van der Waals surface area contributed by atoms with E-state index in [1.165, 1.54) is 13.2 Å². The van der Waals surface area contributed by atoms with Gasteiger partial charge in [-0.2, -0.15) is 0 Å². The van der Waals surface area contributed by atoms with Crippen molar-refractivity contribution in [2.45, 2.75) is 44.8 Å². The third-order valence-electron chi connectivity index (χ3n) is 8.56. The second-order valence-electron chi connectivity index (χ2n) is 12.1. The lowest BCUT2D eigenvalue weighted by molar-refractivity contribution is -0.0564. The van der Waals surface area contributed by atoms with Crippen LogP contribution in [0.2, 0.25) is 0 Å². The summed E-state index contributed by atoms with van der Waals surface area (Å²) in [5.74, 6) is -0.990. The average molecular weight is 669 g/mol. The molecule has 254 valence electrons. The SMILES string of the molecule is COC(=O)NCCCC(O)(c1cccc(F)c1-c1cccc(C)c1)C1CCCN(C(=O)c2ccc(CNCCNS(C)(=O)=O)cc2)C1. The van der Waals surface area contributed by atoms with E-state index in [9.17, 15) is 23.1 Å². The molecule has 2 unspecified atom stereocenters. The number of halogens is 1. The highest BCUT2D eigenvalue weighted by molar-refractivity contribution is 7.88. The van der Waals surface area contributed by atoms with Crippen molar-refractivity contribution in [3.8, 4) is 11.1 Å². The van der Waals surface area contributed by atoms with Crippen LogP contribution in [-0.4, -0.2) is 76.5 Å². The summed E-state index contributed by atoms with van der Waals surface area (Å²) in [7, 11) is -1.95. The van der Waals surface area contributed by atoms with Gasteiger partial charge in [0.2, 0.25) is 10.0 Å². The molecule has 1 heterocycles. The maximum absolute atomic E-state index is 15.6. The van der Waals surface area contributed by atoms with E-state index in [2.05, 4.69) is 20.1 Å². The molecule has 3 aromatic carbocycles. The van der Waals surface area contributed by atoms with Crippen molar-refractivity contribution >= 4 is 22.0 Å². The topological polar surface area (TPSA) is 137 Å². The van der Waals surface area contributed by atoms with E-state index < -0.39 is 33.5 Å². The number of aryl methyl sites for hydroxylation is 1. The van der Waals surface area contributed by atoms with Crippen LogP contribution >= 0.6 is 0 Å². The second-order valence-corrected chi connectivity index (χ2v) is 13.9. The van der Waals surface area contributed by atoms with Crippen molar-refractivity contribution in [2.75, 3.05) is 46.1 Å². The first-order chi connectivity index (χ1) is 22.4. The minimum Gasteiger partial charge on any atom is -0.453 e. The fourth-order valence-electron chi connectivity index (χ4n) is 6.21. The molecule has 0 spiro atoms. The van der Waals surface area contributed by atoms with Crippen molar-refractivity contribution in [1.82, 2.24) is 20.3 Å². The Bertz CT molecular complexity index is 1640. The summed E-state index contributed by atoms with van der Waals surface area (Å²) < 4.78 is 45.2. The van der Waals surface area contributed by atoms with Gasteiger partial charge in [0.05, 0.1) is 19.0 Å². The molecule has 0 radical (unpaired) electrons. The number of nitrogens with zero attached hydrogens (tertiary/aromatic N) is 1. The lowest BCUT2D eigenvalue weighted by Gasteiger charge is -2.43. The first kappa shape index (κ1) is 36.0. The van der Waals surface area contributed by atoms with Gasteiger partial charge < -0.3 is 25.4 Å². The average Bonchev–Trinajstić information content (AvgIpc) is 3.05. The fourth-order valence-corrected chi connectivity index (χ4v) is 6.69. The number of amides is 2. The number of sulfonamides is 1. The van der Waals surface area contributed by atoms with E-state index in [4.69, 9.17) is 0 Å². The molecule has 47 heavy (non-hydrogen) atoms. The maximum Gasteiger partial charge on any atom is 0.406 e. The monoisotopic (exact) mass is 668 g/mol. The quantitative estimate of drug-likeness (QED) is 0.188. The molecule has 0 bridgehead atoms. The number of benzene rings is 3. The molecule has 2 atom stereocenters. The van der Waals surface area contributed by atoms with Crippen LogP contribution in [0.25, 0.3) is 11.1 Å². The number of piperidine rings is 1. The van der Waals surface area contributed by atoms with E-state index >= 15 is 4.39 Å². The van der Waals surface area contributed by atoms with Crippen LogP contribution in [-0.2, 0) is 26.9 Å². The van der Waals surface area contributed by atoms with Crippen LogP contribution in [0.1, 0.15) is 52.7 Å². The summed E-state index contributed by atoms with van der Waals surface area (Å²) in [5.41, 5.74) is 2.38. The molecular weight excluding hydrogens is 623 g/mol. The van der Waals surface area contributed by atoms with Crippen LogP contribution in [0.3, 0.4) is 0 Å². The van der Waals surface area contributed by atoms with Crippen LogP contribution in [0.4, 0.5) is 9.18 Å². The smallest absolute Gasteiger partial charge is 0.406 e. The van der Waals surface area contributed by atoms with E-state index in [0.29, 0.717) is 61.2 Å². The largest absolute Gasteiger partial charge is 0.453 e. The molecule has 1 aliphatic rings. The molecule has 1 fully saturated rings. The summed E-state index contributed by atoms with van der Waals surface area (Å²) in [4.78, 5) is 27.1. The van der Waals surface area contributed by atoms with Gasteiger partial charge in [-0.1, -0.05) is 54.1 Å². The minimum absolute atomic E-state index is 0.153. The first-order valence-corrected chi connectivity index (χ1v) is 17.7. The number of carbonyl (C=O) groups excluding carboxylic acids is 2. The molecule has 1 aliphatic heterocycles. The van der Waals surface area contributed by atoms with E-state index in [-0.39, 0.29) is 32.0 Å². The van der Waals surface area contributed by atoms with Gasteiger partial charge in [-0.05, 0) is 67.5 Å². The zero-order chi connectivity index (χ0) is 34.0. The number of carbonyl (C=O) groups is 2. The molecule has 0 saturated carbocycles. The van der Waals surface area contributed by atoms with Crippen LogP contribution < -0.4 is 15.4 Å². The van der Waals surface area contributed by atoms with E-state index in [1.807, 2.05) is 43.3 Å². The number of hydrogen-bond acceptors (Lipinski definition) is 7. The summed E-state index contributed by atoms with van der Waals surface area (Å²) in [6.07, 6.45) is 2.47. The van der Waals surface area contributed by atoms with Crippen molar-refractivity contribution in [1.29, 1.82) is 0 Å². The van der Waals surface area contributed by atoms with Gasteiger partial charge in [-0.3, -0.25) is 4.79 Å². The standard InChI is InChI=1S/C35H45FN4O6S/c1-25-8-4-9-28(22-25)32-30(11-5-12-31(32)36)35(43,17-7-18-38-34(42)46-2)29-10-6-21-40(24-29)33(41)27-15-13-26(14-16-27)23-37-19-20-39-47(3,44)45/h4-5,8-9,11-16,22,29,37,39,43H,6-7,10,17-21,23-24H2,1-3H3,(H,38,42). The Morgan fingerprint density at radius 2 is 1.81 bits per heavy atom. The number of nitrogens with one attached hydrogen (secondary N) is 3. The van der Waals surface area contributed by atoms with Gasteiger partial charge in [-0.25, -0.2) is 22.3 Å². The summed E-state index contributed by atoms with van der Waals surface area (Å²) in [6.45, 7) is 4.25. The van der Waals surface area contributed by atoms with Crippen molar-refractivity contribution in [3.05, 3.63) is 94.8 Å². The van der Waals surface area contributed by atoms with E-state index in [1.54, 1.807) is 29.2 Å². The Balaban J connectivity index is 1.54. The Morgan fingerprint density at radius 1 is 1.06 bits per heavy atom. The maximum atomic E-state index is 15.6. The van der Waals surface area contributed by atoms with E-state index in [0.717, 1.165) is 17.4 Å². The van der Waals surface area contributed by atoms with Gasteiger partial charge in [-0.15, -0.1) is 0 Å². The lowest BCUT2D eigenvalue weighted by atomic mass is 9.72. The Hall–Kier alpha value is -3.84. The molecule has 0 aliphatic carbocycles. The van der Waals surface area contributed by atoms with Crippen molar-refractivity contribution < 1.29 is 32.2 Å². The number of likely N-dealkylation sites (tertiary alicyclic amines) is 1. The third kappa shape index (κ3) is 9.83. The number of rotatable bonds is 14. The molecule has 10 nitrogen and oxygen atoms in total. The third-order valence-corrected chi connectivity index (χ3v) is 9.28. The minimum atomic E-state index is -3.24. The van der Waals surface area contributed by atoms with Crippen molar-refractivity contribution in [3.63, 3.8) is 0 Å². The highest BCUT2D eigenvalue weighted by Gasteiger charge is 2.43. The molecule has 4 rings (SSSR count). The van der Waals surface area contributed by atoms with Crippen LogP contribution in [0.15, 0.2) is 66.7 Å². The van der Waals surface area contributed by atoms with Gasteiger partial charge >= 0.3 is 6.09 Å². The summed E-state index contributed by atoms with van der Waals surface area (Å²) in [6, 6.07) is 19.5. The highest BCUT2D eigenvalue weighted by Crippen LogP contribution is 2.44.